The molecule has 8 nitrogen and oxygen atoms in total. The van der Waals surface area contributed by atoms with E-state index in [1.165, 1.54) is 11.3 Å². The SMILES string of the molecule is O=C(CN1c2cccc3cccc(c23)S1(=O)=O)N1N=C(c2ccco2)CC1c1ccco1. The molecule has 1 atom stereocenters. The second-order valence-electron chi connectivity index (χ2n) is 7.64. The van der Waals surface area contributed by atoms with Crippen molar-refractivity contribution < 1.29 is 22.0 Å². The summed E-state index contributed by atoms with van der Waals surface area (Å²) in [5, 5.41) is 7.22. The predicted molar refractivity (Wildman–Crippen MR) is 117 cm³/mol. The lowest BCUT2D eigenvalue weighted by Crippen LogP contribution is -2.39. The van der Waals surface area contributed by atoms with Crippen LogP contribution >= 0.6 is 0 Å². The van der Waals surface area contributed by atoms with E-state index in [2.05, 4.69) is 5.10 Å². The maximum absolute atomic E-state index is 13.4. The largest absolute Gasteiger partial charge is 0.467 e. The monoisotopic (exact) mass is 447 g/mol. The van der Waals surface area contributed by atoms with Crippen LogP contribution in [0.3, 0.4) is 0 Å². The minimum Gasteiger partial charge on any atom is -0.467 e. The molecule has 160 valence electrons. The van der Waals surface area contributed by atoms with E-state index in [0.717, 1.165) is 9.69 Å². The highest BCUT2D eigenvalue weighted by atomic mass is 32.2. The van der Waals surface area contributed by atoms with Gasteiger partial charge in [-0.1, -0.05) is 24.3 Å². The number of benzene rings is 2. The number of hydrazone groups is 1. The summed E-state index contributed by atoms with van der Waals surface area (Å²) < 4.78 is 38.7. The highest BCUT2D eigenvalue weighted by Gasteiger charge is 2.41. The Balaban J connectivity index is 1.38. The predicted octanol–water partition coefficient (Wildman–Crippen LogP) is 3.91. The molecule has 0 bridgehead atoms. The van der Waals surface area contributed by atoms with Gasteiger partial charge in [-0.25, -0.2) is 13.4 Å². The first-order chi connectivity index (χ1) is 15.5. The van der Waals surface area contributed by atoms with Gasteiger partial charge < -0.3 is 8.83 Å². The molecule has 0 N–H and O–H groups in total. The summed E-state index contributed by atoms with van der Waals surface area (Å²) in [4.78, 5) is 13.6. The van der Waals surface area contributed by atoms with E-state index in [1.807, 2.05) is 12.1 Å². The first-order valence-electron chi connectivity index (χ1n) is 10.1. The Morgan fingerprint density at radius 1 is 1.00 bits per heavy atom. The summed E-state index contributed by atoms with van der Waals surface area (Å²) >= 11 is 0. The van der Waals surface area contributed by atoms with Gasteiger partial charge in [0.15, 0.2) is 0 Å². The van der Waals surface area contributed by atoms with Crippen LogP contribution in [0.1, 0.15) is 24.0 Å². The number of hydrogen-bond acceptors (Lipinski definition) is 6. The maximum atomic E-state index is 13.4. The second kappa shape index (κ2) is 6.83. The molecule has 0 saturated heterocycles. The smallest absolute Gasteiger partial charge is 0.265 e. The van der Waals surface area contributed by atoms with Crippen molar-refractivity contribution in [3.05, 3.63) is 84.7 Å². The van der Waals surface area contributed by atoms with Gasteiger partial charge in [-0.3, -0.25) is 9.10 Å². The van der Waals surface area contributed by atoms with E-state index in [4.69, 9.17) is 8.83 Å². The highest BCUT2D eigenvalue weighted by molar-refractivity contribution is 7.93. The van der Waals surface area contributed by atoms with Crippen LogP contribution in [0.15, 0.2) is 92.0 Å². The number of carbonyl (C=O) groups excluding carboxylic acids is 1. The Morgan fingerprint density at radius 3 is 2.53 bits per heavy atom. The molecule has 2 aliphatic rings. The molecule has 2 aliphatic heterocycles. The van der Waals surface area contributed by atoms with Gasteiger partial charge in [0.2, 0.25) is 0 Å². The van der Waals surface area contributed by atoms with Crippen molar-refractivity contribution in [1.29, 1.82) is 0 Å². The van der Waals surface area contributed by atoms with Gasteiger partial charge >= 0.3 is 0 Å². The Hall–Kier alpha value is -3.85. The molecular formula is C23H17N3O5S. The summed E-state index contributed by atoms with van der Waals surface area (Å²) in [7, 11) is -3.86. The maximum Gasteiger partial charge on any atom is 0.265 e. The van der Waals surface area contributed by atoms with Gasteiger partial charge in [0.05, 0.1) is 23.1 Å². The van der Waals surface area contributed by atoms with Crippen LogP contribution < -0.4 is 4.31 Å². The van der Waals surface area contributed by atoms with Crippen LogP contribution in [-0.2, 0) is 14.8 Å². The first kappa shape index (κ1) is 18.9. The third kappa shape index (κ3) is 2.71. The van der Waals surface area contributed by atoms with Gasteiger partial charge in [-0.15, -0.1) is 0 Å². The Labute approximate surface area is 183 Å². The number of furan rings is 2. The molecule has 0 aliphatic carbocycles. The molecule has 2 aromatic heterocycles. The van der Waals surface area contributed by atoms with E-state index in [0.29, 0.717) is 34.7 Å². The zero-order valence-corrected chi connectivity index (χ0v) is 17.5. The Bertz CT molecular complexity index is 1470. The van der Waals surface area contributed by atoms with Gasteiger partial charge in [-0.2, -0.15) is 5.10 Å². The molecule has 1 amide bonds. The number of anilines is 1. The van der Waals surface area contributed by atoms with E-state index in [-0.39, 0.29) is 11.4 Å². The van der Waals surface area contributed by atoms with Crippen molar-refractivity contribution in [2.45, 2.75) is 17.4 Å². The number of amides is 1. The standard InChI is InChI=1S/C23H17N3O5S/c27-22(14-25-17-7-1-5-15-6-2-10-21(23(15)17)32(25,28)29)26-18(20-9-4-12-31-20)13-16(24-26)19-8-3-11-30-19/h1-12,18H,13-14H2. The van der Waals surface area contributed by atoms with Crippen molar-refractivity contribution in [2.24, 2.45) is 5.10 Å². The van der Waals surface area contributed by atoms with Crippen molar-refractivity contribution in [3.8, 4) is 0 Å². The third-order valence-corrected chi connectivity index (χ3v) is 7.61. The van der Waals surface area contributed by atoms with Gasteiger partial charge in [0.1, 0.15) is 29.8 Å². The van der Waals surface area contributed by atoms with Crippen molar-refractivity contribution in [1.82, 2.24) is 5.01 Å². The molecule has 32 heavy (non-hydrogen) atoms. The number of carbonyl (C=O) groups is 1. The van der Waals surface area contributed by atoms with Crippen molar-refractivity contribution >= 4 is 38.1 Å². The topological polar surface area (TPSA) is 96.3 Å². The highest BCUT2D eigenvalue weighted by Crippen LogP contribution is 2.42. The van der Waals surface area contributed by atoms with Gasteiger partial charge in [-0.05, 0) is 41.8 Å². The number of nitrogens with zero attached hydrogens (tertiary/aromatic N) is 3. The van der Waals surface area contributed by atoms with E-state index >= 15 is 0 Å². The zero-order chi connectivity index (χ0) is 21.9. The molecular weight excluding hydrogens is 430 g/mol. The minimum atomic E-state index is -3.86. The van der Waals surface area contributed by atoms with Crippen LogP contribution in [-0.4, -0.2) is 31.6 Å². The fraction of sp³-hybridized carbons (Fsp3) is 0.130. The van der Waals surface area contributed by atoms with Crippen LogP contribution in [0, 0.1) is 0 Å². The fourth-order valence-electron chi connectivity index (χ4n) is 4.36. The minimum absolute atomic E-state index is 0.210. The van der Waals surface area contributed by atoms with Crippen molar-refractivity contribution in [2.75, 3.05) is 10.8 Å². The summed E-state index contributed by atoms with van der Waals surface area (Å²) in [6.07, 6.45) is 3.47. The molecule has 0 saturated carbocycles. The molecule has 2 aromatic carbocycles. The molecule has 6 rings (SSSR count). The molecule has 9 heteroatoms. The van der Waals surface area contributed by atoms with E-state index in [1.54, 1.807) is 54.8 Å². The normalized spacial score (nSPS) is 19.0. The molecule has 0 fully saturated rings. The third-order valence-electron chi connectivity index (χ3n) is 5.80. The van der Waals surface area contributed by atoms with Crippen molar-refractivity contribution in [3.63, 3.8) is 0 Å². The van der Waals surface area contributed by atoms with E-state index < -0.39 is 22.0 Å². The lowest BCUT2D eigenvalue weighted by molar-refractivity contribution is -0.131. The average molecular weight is 447 g/mol. The second-order valence-corrected chi connectivity index (χ2v) is 9.47. The number of sulfonamides is 1. The number of hydrogen-bond donors (Lipinski definition) is 0. The molecule has 0 spiro atoms. The quantitative estimate of drug-likeness (QED) is 0.473. The molecule has 4 heterocycles. The lowest BCUT2D eigenvalue weighted by Gasteiger charge is -2.24. The zero-order valence-electron chi connectivity index (χ0n) is 16.7. The molecule has 0 radical (unpaired) electrons. The molecule has 4 aromatic rings. The van der Waals surface area contributed by atoms with Gasteiger partial charge in [0, 0.05) is 11.8 Å². The van der Waals surface area contributed by atoms with Crippen LogP contribution in [0.25, 0.3) is 10.8 Å². The van der Waals surface area contributed by atoms with E-state index in [9.17, 15) is 13.2 Å². The van der Waals surface area contributed by atoms with Gasteiger partial charge in [0.25, 0.3) is 15.9 Å². The number of rotatable bonds is 4. The summed E-state index contributed by atoms with van der Waals surface area (Å²) in [5.41, 5.74) is 1.09. The summed E-state index contributed by atoms with van der Waals surface area (Å²) in [5.74, 6) is 0.669. The molecule has 1 unspecified atom stereocenters. The summed E-state index contributed by atoms with van der Waals surface area (Å²) in [6.45, 7) is -0.373. The van der Waals surface area contributed by atoms with Crippen LogP contribution in [0.5, 0.6) is 0 Å². The fourth-order valence-corrected chi connectivity index (χ4v) is 6.02. The Morgan fingerprint density at radius 2 is 1.78 bits per heavy atom. The first-order valence-corrected chi connectivity index (χ1v) is 11.5. The Kier molecular flexibility index (Phi) is 4.03. The lowest BCUT2D eigenvalue weighted by atomic mass is 10.1. The van der Waals surface area contributed by atoms with Crippen LogP contribution in [0.4, 0.5) is 5.69 Å². The average Bonchev–Trinajstić information content (AvgIpc) is 3.57. The van der Waals surface area contributed by atoms with Crippen LogP contribution in [0.2, 0.25) is 0 Å². The summed E-state index contributed by atoms with van der Waals surface area (Å²) in [6, 6.07) is 17.0.